The molecule has 0 radical (unpaired) electrons. The van der Waals surface area contributed by atoms with Crippen molar-refractivity contribution in [1.82, 2.24) is 5.32 Å². The van der Waals surface area contributed by atoms with Crippen molar-refractivity contribution in [2.24, 2.45) is 0 Å². The molecule has 166 valence electrons. The topological polar surface area (TPSA) is 63.2 Å². The third-order valence-corrected chi connectivity index (χ3v) is 6.39. The highest BCUT2D eigenvalue weighted by Gasteiger charge is 2.30. The van der Waals surface area contributed by atoms with Crippen LogP contribution < -0.4 is 5.32 Å². The van der Waals surface area contributed by atoms with E-state index in [-0.39, 0.29) is 11.4 Å². The number of rotatable bonds is 15. The van der Waals surface area contributed by atoms with Crippen molar-refractivity contribution >= 4 is 16.1 Å². The molecule has 0 unspecified atom stereocenters. The second kappa shape index (κ2) is 13.0. The van der Waals surface area contributed by atoms with Crippen molar-refractivity contribution in [1.29, 1.82) is 0 Å². The summed E-state index contributed by atoms with van der Waals surface area (Å²) < 4.78 is 35.1. The quantitative estimate of drug-likeness (QED) is 0.255. The molecular formula is C23H38FNO3S. The lowest BCUT2D eigenvalue weighted by Gasteiger charge is -2.36. The molecule has 0 atom stereocenters. The molecule has 0 aliphatic rings. The van der Waals surface area contributed by atoms with Crippen LogP contribution in [-0.4, -0.2) is 19.9 Å². The molecule has 0 spiro atoms. The number of halogens is 1. The first kappa shape index (κ1) is 25.6. The molecule has 0 saturated carbocycles. The second-order valence-corrected chi connectivity index (χ2v) is 9.42. The van der Waals surface area contributed by atoms with Gasteiger partial charge in [0.2, 0.25) is 0 Å². The highest BCUT2D eigenvalue weighted by atomic mass is 32.3. The Morgan fingerprint density at radius 1 is 0.828 bits per heavy atom. The van der Waals surface area contributed by atoms with E-state index in [2.05, 4.69) is 26.1 Å². The normalized spacial score (nSPS) is 12.1. The van der Waals surface area contributed by atoms with Crippen molar-refractivity contribution in [3.8, 4) is 0 Å². The lowest BCUT2D eigenvalue weighted by Crippen LogP contribution is -2.48. The van der Waals surface area contributed by atoms with Gasteiger partial charge in [0.1, 0.15) is 0 Å². The molecule has 0 saturated heterocycles. The summed E-state index contributed by atoms with van der Waals surface area (Å²) in [5, 5.41) is 3.28. The maximum Gasteiger partial charge on any atom is 0.332 e. The van der Waals surface area contributed by atoms with Gasteiger partial charge in [0.15, 0.2) is 0 Å². The number of carbonyl (C=O) groups is 1. The van der Waals surface area contributed by atoms with Gasteiger partial charge in [0, 0.05) is 11.1 Å². The molecule has 0 fully saturated rings. The van der Waals surface area contributed by atoms with Gasteiger partial charge >= 0.3 is 10.2 Å². The van der Waals surface area contributed by atoms with Gasteiger partial charge in [0.05, 0.1) is 4.90 Å². The van der Waals surface area contributed by atoms with Crippen molar-refractivity contribution in [2.75, 3.05) is 0 Å². The summed E-state index contributed by atoms with van der Waals surface area (Å²) >= 11 is 0. The molecule has 1 N–H and O–H groups in total. The van der Waals surface area contributed by atoms with Gasteiger partial charge in [-0.3, -0.25) is 4.79 Å². The monoisotopic (exact) mass is 427 g/mol. The van der Waals surface area contributed by atoms with Gasteiger partial charge in [-0.05, 0) is 43.5 Å². The molecule has 1 aromatic rings. The molecule has 1 rings (SSSR count). The van der Waals surface area contributed by atoms with Crippen LogP contribution in [0, 0.1) is 0 Å². The van der Waals surface area contributed by atoms with Gasteiger partial charge in [-0.1, -0.05) is 78.6 Å². The zero-order chi connectivity index (χ0) is 21.8. The second-order valence-electron chi connectivity index (χ2n) is 8.07. The third kappa shape index (κ3) is 9.28. The molecule has 29 heavy (non-hydrogen) atoms. The number of carbonyl (C=O) groups excluding carboxylic acids is 1. The molecule has 0 aliphatic heterocycles. The van der Waals surface area contributed by atoms with E-state index in [1.807, 2.05) is 0 Å². The van der Waals surface area contributed by atoms with Crippen LogP contribution in [0.1, 0.15) is 108 Å². The summed E-state index contributed by atoms with van der Waals surface area (Å²) in [6, 6.07) is 5.06. The Bertz CT molecular complexity index is 693. The predicted octanol–water partition coefficient (Wildman–Crippen LogP) is 6.55. The van der Waals surface area contributed by atoms with Crippen LogP contribution in [0.3, 0.4) is 0 Å². The van der Waals surface area contributed by atoms with E-state index < -0.39 is 15.1 Å². The molecular weight excluding hydrogens is 389 g/mol. The van der Waals surface area contributed by atoms with Crippen molar-refractivity contribution in [3.63, 3.8) is 0 Å². The number of hydrogen-bond donors (Lipinski definition) is 1. The summed E-state index contributed by atoms with van der Waals surface area (Å²) in [6.07, 6.45) is 13.0. The highest BCUT2D eigenvalue weighted by molar-refractivity contribution is 7.86. The van der Waals surface area contributed by atoms with Crippen molar-refractivity contribution in [2.45, 2.75) is 108 Å². The minimum absolute atomic E-state index is 0.214. The standard InChI is InChI=1S/C23H38FNO3S/c1-4-7-10-11-12-19-23(17-8-5-2,18-9-6-3)25-22(26)20-13-15-21(16-14-20)29(24,27)28/h13-16H,4-12,17-19H2,1-3H3,(H,25,26). The molecule has 0 aromatic heterocycles. The van der Waals surface area contributed by atoms with Crippen LogP contribution in [0.5, 0.6) is 0 Å². The van der Waals surface area contributed by atoms with Gasteiger partial charge in [0.25, 0.3) is 5.91 Å². The van der Waals surface area contributed by atoms with Crippen LogP contribution in [-0.2, 0) is 10.2 Å². The van der Waals surface area contributed by atoms with Gasteiger partial charge in [-0.15, -0.1) is 3.89 Å². The van der Waals surface area contributed by atoms with E-state index in [0.717, 1.165) is 63.5 Å². The van der Waals surface area contributed by atoms with Gasteiger partial charge in [-0.25, -0.2) is 0 Å². The van der Waals surface area contributed by atoms with Crippen molar-refractivity contribution in [3.05, 3.63) is 29.8 Å². The lowest BCUT2D eigenvalue weighted by molar-refractivity contribution is 0.0872. The van der Waals surface area contributed by atoms with Crippen LogP contribution in [0.2, 0.25) is 0 Å². The Hall–Kier alpha value is -1.43. The first-order chi connectivity index (χ1) is 13.8. The molecule has 4 nitrogen and oxygen atoms in total. The number of nitrogens with one attached hydrogen (secondary N) is 1. The van der Waals surface area contributed by atoms with E-state index >= 15 is 0 Å². The average molecular weight is 428 g/mol. The van der Waals surface area contributed by atoms with Gasteiger partial charge < -0.3 is 5.32 Å². The molecule has 1 amide bonds. The van der Waals surface area contributed by atoms with Crippen LogP contribution >= 0.6 is 0 Å². The summed E-state index contributed by atoms with van der Waals surface area (Å²) in [7, 11) is -4.76. The van der Waals surface area contributed by atoms with E-state index in [9.17, 15) is 17.1 Å². The molecule has 0 aliphatic carbocycles. The third-order valence-electron chi connectivity index (χ3n) is 5.55. The maximum atomic E-state index is 13.1. The zero-order valence-electron chi connectivity index (χ0n) is 18.3. The first-order valence-corrected chi connectivity index (χ1v) is 12.5. The van der Waals surface area contributed by atoms with E-state index in [4.69, 9.17) is 0 Å². The maximum absolute atomic E-state index is 13.1. The molecule has 0 heterocycles. The first-order valence-electron chi connectivity index (χ1n) is 11.1. The minimum Gasteiger partial charge on any atom is -0.347 e. The SMILES string of the molecule is CCCCCCCC(CCCC)(CCCC)NC(=O)c1ccc(S(=O)(=O)F)cc1. The summed E-state index contributed by atoms with van der Waals surface area (Å²) in [5.41, 5.74) is 0.126. The number of benzene rings is 1. The predicted molar refractivity (Wildman–Crippen MR) is 117 cm³/mol. The van der Waals surface area contributed by atoms with Crippen LogP contribution in [0.4, 0.5) is 3.89 Å². The Morgan fingerprint density at radius 3 is 1.79 bits per heavy atom. The largest absolute Gasteiger partial charge is 0.347 e. The fourth-order valence-electron chi connectivity index (χ4n) is 3.74. The van der Waals surface area contributed by atoms with Crippen molar-refractivity contribution < 1.29 is 17.1 Å². The van der Waals surface area contributed by atoms with E-state index in [1.165, 1.54) is 37.8 Å². The minimum atomic E-state index is -4.76. The fourth-order valence-corrected chi connectivity index (χ4v) is 4.20. The number of amides is 1. The van der Waals surface area contributed by atoms with E-state index in [0.29, 0.717) is 5.56 Å². The summed E-state index contributed by atoms with van der Waals surface area (Å²) in [6.45, 7) is 6.51. The fraction of sp³-hybridized carbons (Fsp3) is 0.696. The Kier molecular flexibility index (Phi) is 11.5. The summed E-state index contributed by atoms with van der Waals surface area (Å²) in [5.74, 6) is -0.214. The molecule has 0 bridgehead atoms. The van der Waals surface area contributed by atoms with Crippen LogP contribution in [0.25, 0.3) is 0 Å². The highest BCUT2D eigenvalue weighted by Crippen LogP contribution is 2.29. The Labute approximate surface area is 176 Å². The smallest absolute Gasteiger partial charge is 0.332 e. The Balaban J connectivity index is 2.94. The van der Waals surface area contributed by atoms with E-state index in [1.54, 1.807) is 0 Å². The molecule has 1 aromatic carbocycles. The average Bonchev–Trinajstić information content (AvgIpc) is 2.70. The summed E-state index contributed by atoms with van der Waals surface area (Å²) in [4.78, 5) is 12.5. The van der Waals surface area contributed by atoms with Crippen LogP contribution in [0.15, 0.2) is 29.2 Å². The number of hydrogen-bond acceptors (Lipinski definition) is 3. The van der Waals surface area contributed by atoms with Gasteiger partial charge in [-0.2, -0.15) is 8.42 Å². The zero-order valence-corrected chi connectivity index (χ0v) is 19.1. The molecule has 6 heteroatoms. The lowest BCUT2D eigenvalue weighted by atomic mass is 9.82. The number of unbranched alkanes of at least 4 members (excludes halogenated alkanes) is 6. The Morgan fingerprint density at radius 2 is 1.31 bits per heavy atom.